The van der Waals surface area contributed by atoms with Gasteiger partial charge in [-0.15, -0.1) is 0 Å². The van der Waals surface area contributed by atoms with E-state index in [1.165, 1.54) is 6.26 Å². The molecule has 0 saturated heterocycles. The standard InChI is InChI=1S/C5H8O3/c6-3-5-1-2-7-4-8-5/h1-2,5-6H,3-4H2. The van der Waals surface area contributed by atoms with E-state index < -0.39 is 0 Å². The molecule has 0 amide bonds. The second-order valence-corrected chi connectivity index (χ2v) is 1.50. The zero-order valence-electron chi connectivity index (χ0n) is 4.41. The molecule has 1 aliphatic rings. The van der Waals surface area contributed by atoms with Crippen LogP contribution in [-0.4, -0.2) is 24.6 Å². The van der Waals surface area contributed by atoms with E-state index in [0.29, 0.717) is 0 Å². The van der Waals surface area contributed by atoms with Gasteiger partial charge in [-0.05, 0) is 6.08 Å². The molecule has 1 aliphatic heterocycles. The minimum atomic E-state index is -0.163. The highest BCUT2D eigenvalue weighted by Gasteiger charge is 2.05. The molecule has 1 N–H and O–H groups in total. The van der Waals surface area contributed by atoms with Crippen LogP contribution in [0.3, 0.4) is 0 Å². The van der Waals surface area contributed by atoms with Gasteiger partial charge < -0.3 is 14.6 Å². The van der Waals surface area contributed by atoms with Gasteiger partial charge in [-0.25, -0.2) is 0 Å². The number of ether oxygens (including phenoxy) is 2. The summed E-state index contributed by atoms with van der Waals surface area (Å²) >= 11 is 0. The van der Waals surface area contributed by atoms with Crippen molar-refractivity contribution < 1.29 is 14.6 Å². The molecule has 0 aliphatic carbocycles. The smallest absolute Gasteiger partial charge is 0.188 e. The van der Waals surface area contributed by atoms with E-state index >= 15 is 0 Å². The normalized spacial score (nSPS) is 27.4. The molecule has 8 heavy (non-hydrogen) atoms. The van der Waals surface area contributed by atoms with Crippen LogP contribution in [-0.2, 0) is 9.47 Å². The predicted octanol–water partition coefficient (Wildman–Crippen LogP) is -0.135. The van der Waals surface area contributed by atoms with Crippen LogP contribution in [0.2, 0.25) is 0 Å². The molecule has 0 fully saturated rings. The number of rotatable bonds is 1. The van der Waals surface area contributed by atoms with E-state index in [2.05, 4.69) is 4.74 Å². The van der Waals surface area contributed by atoms with Crippen LogP contribution in [0.15, 0.2) is 12.3 Å². The summed E-state index contributed by atoms with van der Waals surface area (Å²) in [7, 11) is 0. The van der Waals surface area contributed by atoms with Crippen LogP contribution < -0.4 is 0 Å². The molecule has 0 spiro atoms. The van der Waals surface area contributed by atoms with Gasteiger partial charge in [0.05, 0.1) is 12.9 Å². The Labute approximate surface area is 47.5 Å². The van der Waals surface area contributed by atoms with Gasteiger partial charge in [0, 0.05) is 0 Å². The number of hydrogen-bond donors (Lipinski definition) is 1. The van der Waals surface area contributed by atoms with Gasteiger partial charge in [0.25, 0.3) is 0 Å². The Bertz CT molecular complexity index is 89.7. The third-order valence-corrected chi connectivity index (χ3v) is 0.920. The monoisotopic (exact) mass is 116 g/mol. The Morgan fingerprint density at radius 1 is 1.75 bits per heavy atom. The van der Waals surface area contributed by atoms with Crippen molar-refractivity contribution in [3.05, 3.63) is 12.3 Å². The summed E-state index contributed by atoms with van der Waals surface area (Å²) < 4.78 is 9.56. The van der Waals surface area contributed by atoms with Crippen molar-refractivity contribution in [2.24, 2.45) is 0 Å². The van der Waals surface area contributed by atoms with Crippen LogP contribution in [0, 0.1) is 0 Å². The Morgan fingerprint density at radius 3 is 3.00 bits per heavy atom. The van der Waals surface area contributed by atoms with Crippen molar-refractivity contribution in [3.63, 3.8) is 0 Å². The van der Waals surface area contributed by atoms with Gasteiger partial charge in [-0.1, -0.05) is 0 Å². The van der Waals surface area contributed by atoms with E-state index in [1.54, 1.807) is 6.08 Å². The first-order valence-corrected chi connectivity index (χ1v) is 2.44. The van der Waals surface area contributed by atoms with Crippen molar-refractivity contribution in [2.75, 3.05) is 13.4 Å². The fourth-order valence-electron chi connectivity index (χ4n) is 0.478. The number of aliphatic hydroxyl groups is 1. The molecule has 0 saturated carbocycles. The molecule has 46 valence electrons. The molecule has 1 atom stereocenters. The molecule has 0 aromatic carbocycles. The first kappa shape index (κ1) is 5.59. The fraction of sp³-hybridized carbons (Fsp3) is 0.600. The molecular formula is C5H8O3. The van der Waals surface area contributed by atoms with Gasteiger partial charge in [0.2, 0.25) is 0 Å². The summed E-state index contributed by atoms with van der Waals surface area (Å²) in [5.74, 6) is 0. The lowest BCUT2D eigenvalue weighted by molar-refractivity contribution is -0.0726. The van der Waals surface area contributed by atoms with Gasteiger partial charge >= 0.3 is 0 Å². The predicted molar refractivity (Wildman–Crippen MR) is 27.1 cm³/mol. The molecule has 0 bridgehead atoms. The second-order valence-electron chi connectivity index (χ2n) is 1.50. The highest BCUT2D eigenvalue weighted by molar-refractivity contribution is 4.85. The maximum Gasteiger partial charge on any atom is 0.188 e. The Balaban J connectivity index is 2.32. The van der Waals surface area contributed by atoms with Crippen LogP contribution in [0.1, 0.15) is 0 Å². The van der Waals surface area contributed by atoms with Crippen LogP contribution in [0.4, 0.5) is 0 Å². The number of aliphatic hydroxyl groups excluding tert-OH is 1. The summed E-state index contributed by atoms with van der Waals surface area (Å²) in [6.07, 6.45) is 3.04. The molecule has 0 aromatic heterocycles. The maximum absolute atomic E-state index is 8.46. The molecule has 0 radical (unpaired) electrons. The van der Waals surface area contributed by atoms with Crippen molar-refractivity contribution >= 4 is 0 Å². The van der Waals surface area contributed by atoms with Gasteiger partial charge in [-0.3, -0.25) is 0 Å². The van der Waals surface area contributed by atoms with Crippen molar-refractivity contribution in [2.45, 2.75) is 6.10 Å². The van der Waals surface area contributed by atoms with Crippen molar-refractivity contribution in [1.82, 2.24) is 0 Å². The average molecular weight is 116 g/mol. The zero-order valence-corrected chi connectivity index (χ0v) is 4.41. The first-order chi connectivity index (χ1) is 3.93. The van der Waals surface area contributed by atoms with E-state index in [1.807, 2.05) is 0 Å². The minimum absolute atomic E-state index is 0.0276. The first-order valence-electron chi connectivity index (χ1n) is 2.44. The lowest BCUT2D eigenvalue weighted by atomic mass is 10.4. The topological polar surface area (TPSA) is 38.7 Å². The van der Waals surface area contributed by atoms with E-state index in [0.717, 1.165) is 0 Å². The van der Waals surface area contributed by atoms with Crippen molar-refractivity contribution in [3.8, 4) is 0 Å². The lowest BCUT2D eigenvalue weighted by Gasteiger charge is -2.14. The molecule has 1 rings (SSSR count). The minimum Gasteiger partial charge on any atom is -0.475 e. The van der Waals surface area contributed by atoms with Gasteiger partial charge in [-0.2, -0.15) is 0 Å². The maximum atomic E-state index is 8.46. The molecule has 1 heterocycles. The largest absolute Gasteiger partial charge is 0.475 e. The second kappa shape index (κ2) is 2.69. The Morgan fingerprint density at radius 2 is 2.62 bits per heavy atom. The molecule has 0 aromatic rings. The van der Waals surface area contributed by atoms with Gasteiger partial charge in [0.15, 0.2) is 6.79 Å². The van der Waals surface area contributed by atoms with E-state index in [4.69, 9.17) is 9.84 Å². The highest BCUT2D eigenvalue weighted by atomic mass is 16.7. The third-order valence-electron chi connectivity index (χ3n) is 0.920. The summed E-state index contributed by atoms with van der Waals surface area (Å²) in [6, 6.07) is 0. The number of hydrogen-bond acceptors (Lipinski definition) is 3. The summed E-state index contributed by atoms with van der Waals surface area (Å²) in [5.41, 5.74) is 0. The summed E-state index contributed by atoms with van der Waals surface area (Å²) in [4.78, 5) is 0. The fourth-order valence-corrected chi connectivity index (χ4v) is 0.478. The Kier molecular flexibility index (Phi) is 1.88. The van der Waals surface area contributed by atoms with Crippen LogP contribution in [0.5, 0.6) is 0 Å². The summed E-state index contributed by atoms with van der Waals surface area (Å²) in [5, 5.41) is 8.46. The van der Waals surface area contributed by atoms with Crippen LogP contribution in [0.25, 0.3) is 0 Å². The molecule has 3 nitrogen and oxygen atoms in total. The van der Waals surface area contributed by atoms with E-state index in [9.17, 15) is 0 Å². The highest BCUT2D eigenvalue weighted by Crippen LogP contribution is 1.99. The zero-order chi connectivity index (χ0) is 5.82. The Hall–Kier alpha value is -0.540. The average Bonchev–Trinajstić information content (AvgIpc) is 1.90. The van der Waals surface area contributed by atoms with Crippen molar-refractivity contribution in [1.29, 1.82) is 0 Å². The summed E-state index contributed by atoms with van der Waals surface area (Å²) in [6.45, 7) is 0.279. The molecule has 3 heteroatoms. The molecular weight excluding hydrogens is 108 g/mol. The van der Waals surface area contributed by atoms with Gasteiger partial charge in [0.1, 0.15) is 6.10 Å². The molecule has 1 unspecified atom stereocenters. The lowest BCUT2D eigenvalue weighted by Crippen LogP contribution is -2.19. The van der Waals surface area contributed by atoms with Crippen LogP contribution >= 0.6 is 0 Å². The quantitative estimate of drug-likeness (QED) is 0.518. The SMILES string of the molecule is OCC1C=COCO1. The third kappa shape index (κ3) is 1.21. The van der Waals surface area contributed by atoms with E-state index in [-0.39, 0.29) is 19.5 Å².